The molecule has 0 atom stereocenters. The van der Waals surface area contributed by atoms with Crippen LogP contribution in [0.25, 0.3) is 88.1 Å². The molecule has 0 aliphatic rings. The molecule has 3 aromatic heterocycles. The molecule has 0 bridgehead atoms. The zero-order valence-electron chi connectivity index (χ0n) is 24.6. The standard InChI is InChI=1S/C42H25ClN2O/c43-33-20-9-19-32-39-28(16-10-25-38(39)46-42(32)33)30-18-8-17-29-27-14-4-6-21-34(27)45(41(29)30)37-24-11-23-36-40(37)31-15-5-7-22-35(31)44(36)26-12-2-1-3-13-26/h1-25H. The Hall–Kier alpha value is -5.77. The van der Waals surface area contributed by atoms with Gasteiger partial charge in [-0.05, 0) is 54.1 Å². The normalized spacial score (nSPS) is 12.0. The van der Waals surface area contributed by atoms with Crippen molar-refractivity contribution in [2.75, 3.05) is 0 Å². The Labute approximate surface area is 269 Å². The van der Waals surface area contributed by atoms with Crippen molar-refractivity contribution < 1.29 is 4.42 Å². The Bertz CT molecular complexity index is 2820. The summed E-state index contributed by atoms with van der Waals surface area (Å²) in [5.74, 6) is 0. The molecule has 0 fully saturated rings. The first-order valence-corrected chi connectivity index (χ1v) is 15.9. The van der Waals surface area contributed by atoms with Crippen LogP contribution in [-0.4, -0.2) is 9.13 Å². The molecule has 0 aliphatic carbocycles. The molecular formula is C42H25ClN2O. The lowest BCUT2D eigenvalue weighted by Gasteiger charge is -2.14. The van der Waals surface area contributed by atoms with E-state index in [-0.39, 0.29) is 0 Å². The Morgan fingerprint density at radius 1 is 0.435 bits per heavy atom. The molecule has 10 aromatic rings. The minimum absolute atomic E-state index is 0.619. The van der Waals surface area contributed by atoms with Crippen molar-refractivity contribution in [3.05, 3.63) is 157 Å². The summed E-state index contributed by atoms with van der Waals surface area (Å²) in [5, 5.41) is 7.58. The monoisotopic (exact) mass is 608 g/mol. The second-order valence-electron chi connectivity index (χ2n) is 11.8. The predicted octanol–water partition coefficient (Wildman–Crippen LogP) is 12.1. The van der Waals surface area contributed by atoms with Gasteiger partial charge in [0.2, 0.25) is 0 Å². The first-order chi connectivity index (χ1) is 22.8. The van der Waals surface area contributed by atoms with Crippen LogP contribution < -0.4 is 0 Å². The van der Waals surface area contributed by atoms with Crippen molar-refractivity contribution in [1.82, 2.24) is 9.13 Å². The molecule has 3 heterocycles. The van der Waals surface area contributed by atoms with Gasteiger partial charge in [-0.15, -0.1) is 0 Å². The third kappa shape index (κ3) is 3.43. The van der Waals surface area contributed by atoms with Crippen LogP contribution in [0.15, 0.2) is 156 Å². The Kier molecular flexibility index (Phi) is 5.34. The zero-order chi connectivity index (χ0) is 30.4. The van der Waals surface area contributed by atoms with Crippen molar-refractivity contribution in [1.29, 1.82) is 0 Å². The topological polar surface area (TPSA) is 23.0 Å². The molecular weight excluding hydrogens is 584 g/mol. The summed E-state index contributed by atoms with van der Waals surface area (Å²) in [5.41, 5.74) is 10.8. The van der Waals surface area contributed by atoms with Gasteiger partial charge >= 0.3 is 0 Å². The zero-order valence-corrected chi connectivity index (χ0v) is 25.4. The summed E-state index contributed by atoms with van der Waals surface area (Å²) in [7, 11) is 0. The molecule has 4 heteroatoms. The van der Waals surface area contributed by atoms with Gasteiger partial charge in [0.25, 0.3) is 0 Å². The number of fused-ring (bicyclic) bond motifs is 9. The van der Waals surface area contributed by atoms with E-state index in [4.69, 9.17) is 16.0 Å². The van der Waals surface area contributed by atoms with E-state index in [0.717, 1.165) is 50.0 Å². The van der Waals surface area contributed by atoms with Crippen LogP contribution in [0.3, 0.4) is 0 Å². The molecule has 10 rings (SSSR count). The largest absolute Gasteiger partial charge is 0.454 e. The quantitative estimate of drug-likeness (QED) is 0.196. The second-order valence-corrected chi connectivity index (χ2v) is 12.2. The van der Waals surface area contributed by atoms with Gasteiger partial charge in [0.1, 0.15) is 5.58 Å². The van der Waals surface area contributed by atoms with Gasteiger partial charge in [-0.3, -0.25) is 0 Å². The van der Waals surface area contributed by atoms with Crippen LogP contribution in [0.1, 0.15) is 0 Å². The molecule has 3 nitrogen and oxygen atoms in total. The van der Waals surface area contributed by atoms with Crippen molar-refractivity contribution in [2.24, 2.45) is 0 Å². The number of rotatable bonds is 3. The maximum atomic E-state index is 6.63. The summed E-state index contributed by atoms with van der Waals surface area (Å²) in [4.78, 5) is 0. The van der Waals surface area contributed by atoms with Crippen molar-refractivity contribution in [2.45, 2.75) is 0 Å². The number of halogens is 1. The van der Waals surface area contributed by atoms with Crippen LogP contribution in [0, 0.1) is 0 Å². The first-order valence-electron chi connectivity index (χ1n) is 15.5. The lowest BCUT2D eigenvalue weighted by Crippen LogP contribution is -1.97. The molecule has 7 aromatic carbocycles. The fourth-order valence-corrected chi connectivity index (χ4v) is 7.78. The van der Waals surface area contributed by atoms with E-state index in [1.165, 1.54) is 38.1 Å². The minimum Gasteiger partial charge on any atom is -0.454 e. The predicted molar refractivity (Wildman–Crippen MR) is 193 cm³/mol. The fraction of sp³-hybridized carbons (Fsp3) is 0. The van der Waals surface area contributed by atoms with Crippen LogP contribution in [0.5, 0.6) is 0 Å². The van der Waals surface area contributed by atoms with Gasteiger partial charge in [0.15, 0.2) is 5.58 Å². The van der Waals surface area contributed by atoms with Crippen LogP contribution >= 0.6 is 11.6 Å². The highest BCUT2D eigenvalue weighted by Gasteiger charge is 2.23. The summed E-state index contributed by atoms with van der Waals surface area (Å²) < 4.78 is 11.2. The van der Waals surface area contributed by atoms with Gasteiger partial charge in [-0.2, -0.15) is 0 Å². The van der Waals surface area contributed by atoms with E-state index in [0.29, 0.717) is 5.02 Å². The van der Waals surface area contributed by atoms with Gasteiger partial charge < -0.3 is 13.6 Å². The van der Waals surface area contributed by atoms with E-state index >= 15 is 0 Å². The Balaban J connectivity index is 1.39. The number of furan rings is 1. The minimum atomic E-state index is 0.619. The van der Waals surface area contributed by atoms with Gasteiger partial charge in [0, 0.05) is 43.6 Å². The molecule has 0 spiro atoms. The van der Waals surface area contributed by atoms with E-state index in [2.05, 4.69) is 143 Å². The third-order valence-corrected chi connectivity index (χ3v) is 9.69. The van der Waals surface area contributed by atoms with E-state index in [1.807, 2.05) is 18.2 Å². The highest BCUT2D eigenvalue weighted by molar-refractivity contribution is 6.36. The number of hydrogen-bond acceptors (Lipinski definition) is 1. The number of hydrogen-bond donors (Lipinski definition) is 0. The highest BCUT2D eigenvalue weighted by atomic mass is 35.5. The van der Waals surface area contributed by atoms with E-state index in [1.54, 1.807) is 0 Å². The number of para-hydroxylation sites is 5. The van der Waals surface area contributed by atoms with Gasteiger partial charge in [0.05, 0.1) is 32.8 Å². The molecule has 0 unspecified atom stereocenters. The molecule has 0 amide bonds. The average molecular weight is 609 g/mol. The van der Waals surface area contributed by atoms with Crippen molar-refractivity contribution in [3.8, 4) is 22.5 Å². The SMILES string of the molecule is Clc1cccc2c1oc1cccc(-c3cccc4c5ccccc5n(-c5cccc6c5c5ccccc5n6-c5ccccc5)c34)c12. The second kappa shape index (κ2) is 9.61. The summed E-state index contributed by atoms with van der Waals surface area (Å²) in [6, 6.07) is 53.8. The summed E-state index contributed by atoms with van der Waals surface area (Å²) >= 11 is 6.63. The first kappa shape index (κ1) is 25.5. The number of nitrogens with zero attached hydrogens (tertiary/aromatic N) is 2. The Morgan fingerprint density at radius 3 is 1.93 bits per heavy atom. The van der Waals surface area contributed by atoms with Gasteiger partial charge in [-0.25, -0.2) is 0 Å². The third-order valence-electron chi connectivity index (χ3n) is 9.39. The highest BCUT2D eigenvalue weighted by Crippen LogP contribution is 2.45. The average Bonchev–Trinajstić information content (AvgIpc) is 3.77. The lowest BCUT2D eigenvalue weighted by molar-refractivity contribution is 0.669. The summed E-state index contributed by atoms with van der Waals surface area (Å²) in [6.45, 7) is 0. The fourth-order valence-electron chi connectivity index (χ4n) is 7.57. The maximum Gasteiger partial charge on any atom is 0.154 e. The van der Waals surface area contributed by atoms with E-state index < -0.39 is 0 Å². The molecule has 0 radical (unpaired) electrons. The van der Waals surface area contributed by atoms with E-state index in [9.17, 15) is 0 Å². The van der Waals surface area contributed by atoms with Crippen molar-refractivity contribution in [3.63, 3.8) is 0 Å². The molecule has 216 valence electrons. The van der Waals surface area contributed by atoms with Crippen LogP contribution in [0.2, 0.25) is 5.02 Å². The molecule has 0 saturated heterocycles. The Morgan fingerprint density at radius 2 is 1.07 bits per heavy atom. The number of aromatic nitrogens is 2. The molecule has 0 saturated carbocycles. The molecule has 0 N–H and O–H groups in total. The maximum absolute atomic E-state index is 6.63. The van der Waals surface area contributed by atoms with Crippen molar-refractivity contribution >= 4 is 77.2 Å². The summed E-state index contributed by atoms with van der Waals surface area (Å²) in [6.07, 6.45) is 0. The smallest absolute Gasteiger partial charge is 0.154 e. The lowest BCUT2D eigenvalue weighted by atomic mass is 9.97. The molecule has 46 heavy (non-hydrogen) atoms. The van der Waals surface area contributed by atoms with Gasteiger partial charge in [-0.1, -0.05) is 115 Å². The van der Waals surface area contributed by atoms with Crippen LogP contribution in [0.4, 0.5) is 0 Å². The van der Waals surface area contributed by atoms with Crippen LogP contribution in [-0.2, 0) is 0 Å². The molecule has 0 aliphatic heterocycles. The number of benzene rings is 7.